The van der Waals surface area contributed by atoms with E-state index in [4.69, 9.17) is 11.3 Å². The molecule has 0 aliphatic rings. The number of aromatic nitrogens is 2. The Morgan fingerprint density at radius 3 is 2.07 bits per heavy atom. The molecule has 0 fully saturated rings. The molecule has 6 rings (SSSR count). The number of para-hydroxylation sites is 2. The fourth-order valence-electron chi connectivity index (χ4n) is 3.69. The van der Waals surface area contributed by atoms with Crippen molar-refractivity contribution < 1.29 is 25.8 Å². The number of nitrogens with two attached hydrogens (primary N) is 1. The number of benzene rings is 4. The molecule has 2 N–H and O–H groups in total. The van der Waals surface area contributed by atoms with Crippen molar-refractivity contribution in [3.63, 3.8) is 0 Å². The first-order valence-corrected chi connectivity index (χ1v) is 14.9. The van der Waals surface area contributed by atoms with Crippen molar-refractivity contribution in [1.29, 1.82) is 0 Å². The number of rotatable bonds is 5. The molecule has 42 heavy (non-hydrogen) atoms. The van der Waals surface area contributed by atoms with Crippen molar-refractivity contribution in [2.24, 2.45) is 5.11 Å². The van der Waals surface area contributed by atoms with E-state index in [2.05, 4.69) is 24.2 Å². The maximum absolute atomic E-state index is 12.5. The van der Waals surface area contributed by atoms with Crippen molar-refractivity contribution in [2.75, 3.05) is 5.73 Å². The number of hydrogen-bond donors (Lipinski definition) is 1. The first-order chi connectivity index (χ1) is 20.0. The first kappa shape index (κ1) is 28.8. The number of nitrogen functional groups attached to an aromatic ring is 1. The molecule has 2 heterocycles. The molecular formula is C27H17F3N6O3S3. The lowest BCUT2D eigenvalue weighted by atomic mass is 10.2. The van der Waals surface area contributed by atoms with Crippen LogP contribution in [-0.2, 0) is 10.1 Å². The van der Waals surface area contributed by atoms with E-state index in [9.17, 15) is 21.6 Å². The van der Waals surface area contributed by atoms with Crippen LogP contribution in [-0.4, -0.2) is 23.9 Å². The van der Waals surface area contributed by atoms with E-state index in [0.717, 1.165) is 31.6 Å². The second-order valence-electron chi connectivity index (χ2n) is 8.45. The molecule has 0 unspecified atom stereocenters. The number of alkyl halides is 3. The maximum Gasteiger partial charge on any atom is 0.534 e. The maximum atomic E-state index is 12.5. The minimum Gasteiger partial charge on any atom is -0.399 e. The molecule has 9 nitrogen and oxygen atoms in total. The van der Waals surface area contributed by atoms with Crippen LogP contribution >= 0.6 is 22.7 Å². The first-order valence-electron chi connectivity index (χ1n) is 11.8. The molecule has 0 aliphatic carbocycles. The van der Waals surface area contributed by atoms with Crippen LogP contribution in [0.5, 0.6) is 5.75 Å². The quantitative estimate of drug-likeness (QED) is 0.0506. The third kappa shape index (κ3) is 6.29. The van der Waals surface area contributed by atoms with E-state index >= 15 is 0 Å². The molecule has 15 heteroatoms. The summed E-state index contributed by atoms with van der Waals surface area (Å²) in [5, 5.41) is 4.84. The van der Waals surface area contributed by atoms with E-state index in [1.165, 1.54) is 23.5 Å². The topological polar surface area (TPSA) is 144 Å². The molecule has 0 saturated carbocycles. The van der Waals surface area contributed by atoms with Gasteiger partial charge < -0.3 is 9.92 Å². The van der Waals surface area contributed by atoms with Crippen LogP contribution in [0.3, 0.4) is 0 Å². The third-order valence-corrected chi connectivity index (χ3v) is 8.68. The number of thiazole rings is 2. The summed E-state index contributed by atoms with van der Waals surface area (Å²) in [6.45, 7) is 0. The fourth-order valence-corrected chi connectivity index (χ4v) is 6.11. The average Bonchev–Trinajstić information content (AvgIpc) is 3.59. The highest BCUT2D eigenvalue weighted by atomic mass is 32.2. The lowest BCUT2D eigenvalue weighted by Crippen LogP contribution is -2.28. The Balaban J connectivity index is 0.000000175. The normalized spacial score (nSPS) is 11.5. The second-order valence-corrected chi connectivity index (χ2v) is 12.1. The Morgan fingerprint density at radius 1 is 0.833 bits per heavy atom. The molecule has 0 amide bonds. The molecule has 0 spiro atoms. The van der Waals surface area contributed by atoms with Crippen LogP contribution in [0, 0.1) is 0 Å². The highest BCUT2D eigenvalue weighted by Gasteiger charge is 2.48. The number of anilines is 1. The van der Waals surface area contributed by atoms with Gasteiger partial charge in [-0.2, -0.15) is 21.6 Å². The summed E-state index contributed by atoms with van der Waals surface area (Å²) >= 11 is 2.82. The van der Waals surface area contributed by atoms with E-state index in [1.807, 2.05) is 42.5 Å². The summed E-state index contributed by atoms with van der Waals surface area (Å²) in [6, 6.07) is 26.2. The molecule has 2 aromatic heterocycles. The van der Waals surface area contributed by atoms with E-state index < -0.39 is 21.4 Å². The van der Waals surface area contributed by atoms with Gasteiger partial charge >= 0.3 is 15.6 Å². The van der Waals surface area contributed by atoms with Gasteiger partial charge in [0.05, 0.1) is 26.0 Å². The Morgan fingerprint density at radius 2 is 1.45 bits per heavy atom. The number of halogens is 3. The van der Waals surface area contributed by atoms with Crippen LogP contribution in [0.4, 0.5) is 24.5 Å². The van der Waals surface area contributed by atoms with E-state index in [-0.39, 0.29) is 11.3 Å². The van der Waals surface area contributed by atoms with Crippen LogP contribution in [0.1, 0.15) is 0 Å². The predicted molar refractivity (Wildman–Crippen MR) is 159 cm³/mol. The molecule has 0 aliphatic heterocycles. The Hall–Kier alpha value is -4.69. The van der Waals surface area contributed by atoms with Crippen molar-refractivity contribution in [3.8, 4) is 26.9 Å². The SMILES string of the molecule is Nc1ccc(OS(=O)(=O)C(F)(F)F)c(-c2nc3ccccc3s2)c1.[N-]=[N+]=Nc1cccc(-c2nc3ccccc3s2)c1. The highest BCUT2D eigenvalue weighted by molar-refractivity contribution is 7.88. The van der Waals surface area contributed by atoms with Gasteiger partial charge in [-0.3, -0.25) is 0 Å². The highest BCUT2D eigenvalue weighted by Crippen LogP contribution is 2.39. The summed E-state index contributed by atoms with van der Waals surface area (Å²) < 4.78 is 66.4. The number of hydrogen-bond acceptors (Lipinski definition) is 9. The molecular weight excluding hydrogens is 610 g/mol. The number of azide groups is 1. The Bertz CT molecular complexity index is 2000. The molecule has 0 radical (unpaired) electrons. The van der Waals surface area contributed by atoms with Crippen LogP contribution in [0.2, 0.25) is 0 Å². The summed E-state index contributed by atoms with van der Waals surface area (Å²) in [5.41, 5.74) is 12.1. The molecule has 212 valence electrons. The van der Waals surface area contributed by atoms with Crippen LogP contribution in [0.25, 0.3) is 52.0 Å². The van der Waals surface area contributed by atoms with Crippen molar-refractivity contribution in [3.05, 3.63) is 101 Å². The smallest absolute Gasteiger partial charge is 0.399 e. The summed E-state index contributed by atoms with van der Waals surface area (Å²) in [6.07, 6.45) is 0. The van der Waals surface area contributed by atoms with E-state index in [1.54, 1.807) is 41.7 Å². The van der Waals surface area contributed by atoms with Gasteiger partial charge in [0.25, 0.3) is 0 Å². The second kappa shape index (κ2) is 11.7. The zero-order chi connectivity index (χ0) is 29.9. The van der Waals surface area contributed by atoms with Crippen molar-refractivity contribution >= 4 is 64.6 Å². The predicted octanol–water partition coefficient (Wildman–Crippen LogP) is 8.68. The van der Waals surface area contributed by atoms with Gasteiger partial charge in [0.2, 0.25) is 0 Å². The summed E-state index contributed by atoms with van der Waals surface area (Å²) in [7, 11) is -5.79. The van der Waals surface area contributed by atoms with Gasteiger partial charge in [0.1, 0.15) is 10.0 Å². The average molecular weight is 627 g/mol. The number of nitrogens with zero attached hydrogens (tertiary/aromatic N) is 5. The third-order valence-electron chi connectivity index (χ3n) is 5.56. The standard InChI is InChI=1S/C14H9F3N2O3S2.C13H8N4S/c15-14(16,17)24(20,21)22-11-6-5-8(18)7-9(11)13-19-10-3-1-2-4-12(10)23-13;14-17-16-10-5-3-4-9(8-10)13-15-11-6-1-2-7-12(11)18-13/h1-7H,18H2;1-8H. The minimum absolute atomic E-state index is 0.0732. The van der Waals surface area contributed by atoms with Crippen molar-refractivity contribution in [1.82, 2.24) is 9.97 Å². The van der Waals surface area contributed by atoms with Gasteiger partial charge in [-0.15, -0.1) is 22.7 Å². The summed E-state index contributed by atoms with van der Waals surface area (Å²) in [5.74, 6) is -0.486. The van der Waals surface area contributed by atoms with E-state index in [0.29, 0.717) is 16.2 Å². The zero-order valence-electron chi connectivity index (χ0n) is 21.1. The molecule has 0 bridgehead atoms. The van der Waals surface area contributed by atoms with Gasteiger partial charge in [0, 0.05) is 21.8 Å². The minimum atomic E-state index is -5.79. The molecule has 0 saturated heterocycles. The Labute approximate surface area is 244 Å². The van der Waals surface area contributed by atoms with Crippen LogP contribution < -0.4 is 9.92 Å². The molecule has 4 aromatic carbocycles. The summed E-state index contributed by atoms with van der Waals surface area (Å²) in [4.78, 5) is 11.6. The Kier molecular flexibility index (Phi) is 8.00. The fraction of sp³-hybridized carbons (Fsp3) is 0.0370. The van der Waals surface area contributed by atoms with Gasteiger partial charge in [-0.25, -0.2) is 9.97 Å². The zero-order valence-corrected chi connectivity index (χ0v) is 23.5. The largest absolute Gasteiger partial charge is 0.534 e. The van der Waals surface area contributed by atoms with Gasteiger partial charge in [-0.05, 0) is 54.1 Å². The van der Waals surface area contributed by atoms with Crippen LogP contribution in [0.15, 0.2) is 96.1 Å². The number of fused-ring (bicyclic) bond motifs is 2. The van der Waals surface area contributed by atoms with Crippen molar-refractivity contribution in [2.45, 2.75) is 5.51 Å². The lowest BCUT2D eigenvalue weighted by Gasteiger charge is -2.12. The van der Waals surface area contributed by atoms with Gasteiger partial charge in [0.15, 0.2) is 5.75 Å². The monoisotopic (exact) mass is 626 g/mol. The van der Waals surface area contributed by atoms with Gasteiger partial charge in [-0.1, -0.05) is 47.6 Å². The lowest BCUT2D eigenvalue weighted by molar-refractivity contribution is -0.0499. The molecule has 6 aromatic rings. The molecule has 0 atom stereocenters.